The molecule has 2 heterocycles. The van der Waals surface area contributed by atoms with Crippen LogP contribution in [0.15, 0.2) is 47.4 Å². The fraction of sp³-hybridized carbons (Fsp3) is 0.316. The first kappa shape index (κ1) is 17.0. The van der Waals surface area contributed by atoms with Gasteiger partial charge in [-0.25, -0.2) is 9.78 Å². The molecule has 0 amide bonds. The molecular weight excluding hydrogens is 318 g/mol. The highest BCUT2D eigenvalue weighted by Gasteiger charge is 2.26. The third kappa shape index (κ3) is 3.07. The zero-order valence-electron chi connectivity index (χ0n) is 14.6. The van der Waals surface area contributed by atoms with Gasteiger partial charge in [-0.1, -0.05) is 24.3 Å². The summed E-state index contributed by atoms with van der Waals surface area (Å²) in [5.74, 6) is -0.0711. The smallest absolute Gasteiger partial charge is 0.345 e. The summed E-state index contributed by atoms with van der Waals surface area (Å²) in [7, 11) is 1.94. The van der Waals surface area contributed by atoms with Gasteiger partial charge >= 0.3 is 5.97 Å². The molecule has 0 bridgehead atoms. The topological polar surface area (TPSA) is 64.4 Å². The van der Waals surface area contributed by atoms with Gasteiger partial charge in [0.25, 0.3) is 5.56 Å². The van der Waals surface area contributed by atoms with Crippen molar-refractivity contribution in [3.8, 4) is 0 Å². The first-order valence-corrected chi connectivity index (χ1v) is 8.32. The number of anilines is 1. The lowest BCUT2D eigenvalue weighted by atomic mass is 10.1. The van der Waals surface area contributed by atoms with Gasteiger partial charge in [0.2, 0.25) is 0 Å². The van der Waals surface area contributed by atoms with E-state index in [0.29, 0.717) is 12.2 Å². The van der Waals surface area contributed by atoms with Gasteiger partial charge in [-0.3, -0.25) is 9.36 Å². The lowest BCUT2D eigenvalue weighted by molar-refractivity contribution is 0.0522. The van der Waals surface area contributed by atoms with E-state index in [0.717, 1.165) is 11.4 Å². The minimum absolute atomic E-state index is 0.0268. The van der Waals surface area contributed by atoms with E-state index in [1.165, 1.54) is 6.20 Å². The summed E-state index contributed by atoms with van der Waals surface area (Å²) >= 11 is 0. The number of carbonyl (C=O) groups excluding carboxylic acids is 1. The van der Waals surface area contributed by atoms with E-state index in [-0.39, 0.29) is 23.8 Å². The van der Waals surface area contributed by atoms with Crippen molar-refractivity contribution in [2.45, 2.75) is 26.3 Å². The van der Waals surface area contributed by atoms with E-state index in [2.05, 4.69) is 11.1 Å². The Morgan fingerprint density at radius 3 is 2.76 bits per heavy atom. The summed E-state index contributed by atoms with van der Waals surface area (Å²) in [5, 5.41) is 0. The summed E-state index contributed by atoms with van der Waals surface area (Å²) in [6.45, 7) is 3.87. The Kier molecular flexibility index (Phi) is 4.70. The molecular formula is C19H21N3O3. The van der Waals surface area contributed by atoms with Gasteiger partial charge in [-0.05, 0) is 32.4 Å². The second kappa shape index (κ2) is 6.93. The summed E-state index contributed by atoms with van der Waals surface area (Å²) < 4.78 is 6.55. The zero-order chi connectivity index (χ0) is 18.0. The van der Waals surface area contributed by atoms with Crippen LogP contribution in [0.5, 0.6) is 0 Å². The maximum absolute atomic E-state index is 12.8. The molecule has 0 spiro atoms. The van der Waals surface area contributed by atoms with Crippen molar-refractivity contribution in [3.63, 3.8) is 0 Å². The van der Waals surface area contributed by atoms with E-state index >= 15 is 0 Å². The monoisotopic (exact) mass is 339 g/mol. The Morgan fingerprint density at radius 1 is 1.36 bits per heavy atom. The fourth-order valence-corrected chi connectivity index (χ4v) is 2.97. The van der Waals surface area contributed by atoms with Gasteiger partial charge in [-0.15, -0.1) is 0 Å². The van der Waals surface area contributed by atoms with Crippen LogP contribution in [0.25, 0.3) is 5.70 Å². The molecule has 0 aliphatic carbocycles. The van der Waals surface area contributed by atoms with Crippen LogP contribution in [0.3, 0.4) is 0 Å². The van der Waals surface area contributed by atoms with Crippen LogP contribution in [0.1, 0.15) is 42.5 Å². The third-order valence-corrected chi connectivity index (χ3v) is 4.32. The maximum Gasteiger partial charge on any atom is 0.345 e. The Morgan fingerprint density at radius 2 is 2.08 bits per heavy atom. The van der Waals surface area contributed by atoms with Gasteiger partial charge in [0.1, 0.15) is 5.56 Å². The van der Waals surface area contributed by atoms with Crippen LogP contribution in [0, 0.1) is 0 Å². The van der Waals surface area contributed by atoms with Crippen molar-refractivity contribution >= 4 is 17.4 Å². The quantitative estimate of drug-likeness (QED) is 0.802. The van der Waals surface area contributed by atoms with Crippen molar-refractivity contribution in [2.24, 2.45) is 0 Å². The Balaban J connectivity index is 2.07. The number of hydrogen-bond acceptors (Lipinski definition) is 5. The molecule has 0 radical (unpaired) electrons. The van der Waals surface area contributed by atoms with Crippen LogP contribution >= 0.6 is 0 Å². The molecule has 25 heavy (non-hydrogen) atoms. The number of para-hydroxylation sites is 1. The van der Waals surface area contributed by atoms with E-state index in [1.54, 1.807) is 11.5 Å². The number of carbonyl (C=O) groups is 1. The zero-order valence-corrected chi connectivity index (χ0v) is 14.6. The molecule has 0 N–H and O–H groups in total. The van der Waals surface area contributed by atoms with Gasteiger partial charge in [0.05, 0.1) is 12.3 Å². The molecule has 130 valence electrons. The van der Waals surface area contributed by atoms with E-state index in [4.69, 9.17) is 4.74 Å². The van der Waals surface area contributed by atoms with Crippen LogP contribution in [-0.2, 0) is 4.74 Å². The summed E-state index contributed by atoms with van der Waals surface area (Å²) in [6.07, 6.45) is 4.08. The first-order chi connectivity index (χ1) is 12.0. The second-order valence-corrected chi connectivity index (χ2v) is 5.96. The van der Waals surface area contributed by atoms with Crippen LogP contribution < -0.4 is 10.5 Å². The molecule has 1 aromatic carbocycles. The second-order valence-electron chi connectivity index (χ2n) is 5.96. The molecule has 1 aliphatic rings. The molecule has 1 atom stereocenters. The summed E-state index contributed by atoms with van der Waals surface area (Å²) in [5.41, 5.74) is 1.46. The van der Waals surface area contributed by atoms with Crippen molar-refractivity contribution in [2.75, 3.05) is 18.6 Å². The average molecular weight is 339 g/mol. The SMILES string of the molecule is CCOC(=O)c1cnc2n(c1=O)C(C)CC=C2N(C)c1ccccc1. The number of fused-ring (bicyclic) bond motifs is 1. The number of hydrogen-bond donors (Lipinski definition) is 0. The summed E-state index contributed by atoms with van der Waals surface area (Å²) in [6, 6.07) is 9.79. The summed E-state index contributed by atoms with van der Waals surface area (Å²) in [4.78, 5) is 31.2. The van der Waals surface area contributed by atoms with Crippen molar-refractivity contribution in [1.82, 2.24) is 9.55 Å². The molecule has 0 saturated heterocycles. The van der Waals surface area contributed by atoms with Crippen LogP contribution in [0.2, 0.25) is 0 Å². The minimum atomic E-state index is -0.630. The highest BCUT2D eigenvalue weighted by atomic mass is 16.5. The van der Waals surface area contributed by atoms with E-state index < -0.39 is 5.97 Å². The Bertz CT molecular complexity index is 871. The largest absolute Gasteiger partial charge is 0.462 e. The molecule has 6 nitrogen and oxygen atoms in total. The number of allylic oxidation sites excluding steroid dienone is 1. The fourth-order valence-electron chi connectivity index (χ4n) is 2.97. The number of benzene rings is 1. The highest BCUT2D eigenvalue weighted by Crippen LogP contribution is 2.30. The standard InChI is InChI=1S/C19H21N3O3/c1-4-25-19(24)15-12-20-17-16(11-10-13(2)22(17)18(15)23)21(3)14-8-6-5-7-9-14/h5-9,11-13H,4,10H2,1-3H3. The van der Waals surface area contributed by atoms with Gasteiger partial charge in [-0.2, -0.15) is 0 Å². The van der Waals surface area contributed by atoms with E-state index in [9.17, 15) is 9.59 Å². The third-order valence-electron chi connectivity index (χ3n) is 4.32. The van der Waals surface area contributed by atoms with Crippen molar-refractivity contribution < 1.29 is 9.53 Å². The van der Waals surface area contributed by atoms with Gasteiger partial charge in [0.15, 0.2) is 5.82 Å². The number of nitrogens with zero attached hydrogens (tertiary/aromatic N) is 3. The molecule has 1 unspecified atom stereocenters. The molecule has 1 aromatic heterocycles. The molecule has 0 fully saturated rings. The lowest BCUT2D eigenvalue weighted by Crippen LogP contribution is -2.36. The van der Waals surface area contributed by atoms with E-state index in [1.807, 2.05) is 49.2 Å². The van der Waals surface area contributed by atoms with Crippen LogP contribution in [0.4, 0.5) is 5.69 Å². The molecule has 1 aliphatic heterocycles. The molecule has 6 heteroatoms. The predicted molar refractivity (Wildman–Crippen MR) is 96.6 cm³/mol. The number of ether oxygens (including phenoxy) is 1. The lowest BCUT2D eigenvalue weighted by Gasteiger charge is -2.30. The predicted octanol–water partition coefficient (Wildman–Crippen LogP) is 2.86. The number of esters is 1. The van der Waals surface area contributed by atoms with Crippen molar-refractivity contribution in [3.05, 3.63) is 64.3 Å². The molecule has 3 rings (SSSR count). The number of rotatable bonds is 4. The maximum atomic E-state index is 12.8. The normalized spacial score (nSPS) is 16.0. The Labute approximate surface area is 146 Å². The highest BCUT2D eigenvalue weighted by molar-refractivity contribution is 5.89. The number of aromatic nitrogens is 2. The molecule has 0 saturated carbocycles. The van der Waals surface area contributed by atoms with Crippen molar-refractivity contribution in [1.29, 1.82) is 0 Å². The first-order valence-electron chi connectivity index (χ1n) is 8.32. The van der Waals surface area contributed by atoms with Gasteiger partial charge < -0.3 is 9.64 Å². The minimum Gasteiger partial charge on any atom is -0.462 e. The van der Waals surface area contributed by atoms with Gasteiger partial charge in [0, 0.05) is 25.0 Å². The average Bonchev–Trinajstić information content (AvgIpc) is 2.62. The Hall–Kier alpha value is -2.89. The van der Waals surface area contributed by atoms with Crippen LogP contribution in [-0.4, -0.2) is 29.2 Å². The molecule has 2 aromatic rings.